The van der Waals surface area contributed by atoms with Crippen molar-refractivity contribution < 1.29 is 29.0 Å². The van der Waals surface area contributed by atoms with Gasteiger partial charge in [0.25, 0.3) is 0 Å². The van der Waals surface area contributed by atoms with Gasteiger partial charge in [-0.15, -0.1) is 0 Å². The Morgan fingerprint density at radius 2 is 1.88 bits per heavy atom. The van der Waals surface area contributed by atoms with Crippen LogP contribution in [0.4, 0.5) is 4.79 Å². The van der Waals surface area contributed by atoms with Crippen LogP contribution < -0.4 is 5.32 Å². The fourth-order valence-electron chi connectivity index (χ4n) is 0.465. The fraction of sp³-hybridized carbons (Fsp3) is 0.300. The monoisotopic (exact) mass is 245 g/mol. The van der Waals surface area contributed by atoms with E-state index in [9.17, 15) is 14.4 Å². The zero-order valence-electron chi connectivity index (χ0n) is 9.69. The van der Waals surface area contributed by atoms with Crippen molar-refractivity contribution in [1.29, 1.82) is 0 Å². The molecule has 0 aliphatic heterocycles. The molecule has 7 nitrogen and oxygen atoms in total. The zero-order valence-corrected chi connectivity index (χ0v) is 9.69. The minimum absolute atomic E-state index is 0.143. The number of carbonyl (C=O) groups excluding carboxylic acids is 2. The minimum Gasteiger partial charge on any atom is -0.478 e. The van der Waals surface area contributed by atoms with Gasteiger partial charge in [-0.25, -0.2) is 14.4 Å². The van der Waals surface area contributed by atoms with Crippen LogP contribution in [0.1, 0.15) is 6.92 Å². The number of methoxy groups -OCH3 is 1. The normalized spacial score (nSPS) is 7.88. The average molecular weight is 245 g/mol. The van der Waals surface area contributed by atoms with Gasteiger partial charge in [-0.05, 0) is 6.92 Å². The lowest BCUT2D eigenvalue weighted by Crippen LogP contribution is -2.27. The maximum atomic E-state index is 10.7. The molecule has 0 saturated heterocycles. The Morgan fingerprint density at radius 3 is 2.18 bits per heavy atom. The molecule has 0 aromatic carbocycles. The Kier molecular flexibility index (Phi) is 10.3. The first-order valence-corrected chi connectivity index (χ1v) is 4.45. The largest absolute Gasteiger partial charge is 0.478 e. The van der Waals surface area contributed by atoms with Gasteiger partial charge in [-0.1, -0.05) is 13.2 Å². The van der Waals surface area contributed by atoms with Gasteiger partial charge in [-0.2, -0.15) is 0 Å². The molecule has 96 valence electrons. The number of hydrogen-bond acceptors (Lipinski definition) is 5. The lowest BCUT2D eigenvalue weighted by molar-refractivity contribution is -0.136. The van der Waals surface area contributed by atoms with Gasteiger partial charge in [0.2, 0.25) is 0 Å². The highest BCUT2D eigenvalue weighted by atomic mass is 16.6. The van der Waals surface area contributed by atoms with Gasteiger partial charge in [-0.3, -0.25) is 5.32 Å². The molecule has 0 aliphatic rings. The van der Waals surface area contributed by atoms with E-state index in [-0.39, 0.29) is 12.3 Å². The highest BCUT2D eigenvalue weighted by molar-refractivity contribution is 5.91. The van der Waals surface area contributed by atoms with Gasteiger partial charge >= 0.3 is 18.0 Å². The molecule has 2 N–H and O–H groups in total. The van der Waals surface area contributed by atoms with Gasteiger partial charge in [0.1, 0.15) is 5.70 Å². The topological polar surface area (TPSA) is 102 Å². The molecule has 17 heavy (non-hydrogen) atoms. The van der Waals surface area contributed by atoms with E-state index in [0.29, 0.717) is 0 Å². The van der Waals surface area contributed by atoms with Gasteiger partial charge in [0.15, 0.2) is 0 Å². The number of hydrogen-bond donors (Lipinski definition) is 2. The summed E-state index contributed by atoms with van der Waals surface area (Å²) in [5.41, 5.74) is -0.143. The van der Waals surface area contributed by atoms with E-state index in [4.69, 9.17) is 5.11 Å². The number of rotatable bonds is 4. The Bertz CT molecular complexity index is 310. The van der Waals surface area contributed by atoms with Crippen LogP contribution in [-0.4, -0.2) is 36.9 Å². The lowest BCUT2D eigenvalue weighted by Gasteiger charge is -2.05. The number of carbonyl (C=O) groups is 3. The molecule has 0 heterocycles. The third-order valence-corrected chi connectivity index (χ3v) is 1.13. The summed E-state index contributed by atoms with van der Waals surface area (Å²) in [5.74, 6) is -1.67. The summed E-state index contributed by atoms with van der Waals surface area (Å²) in [6.45, 7) is 8.11. The summed E-state index contributed by atoms with van der Waals surface area (Å²) >= 11 is 0. The summed E-state index contributed by atoms with van der Waals surface area (Å²) < 4.78 is 8.77. The molecule has 0 rings (SSSR count). The van der Waals surface area contributed by atoms with E-state index in [1.165, 1.54) is 7.11 Å². The number of aliphatic carboxylic acids is 1. The molecule has 1 amide bonds. The third kappa shape index (κ3) is 11.6. The Morgan fingerprint density at radius 1 is 1.41 bits per heavy atom. The van der Waals surface area contributed by atoms with Crippen LogP contribution in [0.5, 0.6) is 0 Å². The predicted molar refractivity (Wildman–Crippen MR) is 59.1 cm³/mol. The van der Waals surface area contributed by atoms with Crippen molar-refractivity contribution in [1.82, 2.24) is 5.32 Å². The Labute approximate surface area is 98.7 Å². The van der Waals surface area contributed by atoms with Crippen LogP contribution in [-0.2, 0) is 19.1 Å². The molecule has 0 atom stereocenters. The molecule has 0 bridgehead atoms. The molecule has 7 heteroatoms. The van der Waals surface area contributed by atoms with E-state index in [1.54, 1.807) is 6.92 Å². The molecule has 0 saturated carbocycles. The quantitative estimate of drug-likeness (QED) is 0.557. The van der Waals surface area contributed by atoms with Gasteiger partial charge in [0.05, 0.1) is 13.7 Å². The van der Waals surface area contributed by atoms with Crippen molar-refractivity contribution in [3.05, 3.63) is 24.9 Å². The molecular weight excluding hydrogens is 230 g/mol. The molecular formula is C10H15NO6. The molecule has 0 aromatic heterocycles. The molecule has 0 fully saturated rings. The van der Waals surface area contributed by atoms with E-state index < -0.39 is 18.0 Å². The van der Waals surface area contributed by atoms with Gasteiger partial charge in [0, 0.05) is 6.08 Å². The summed E-state index contributed by atoms with van der Waals surface area (Å²) in [4.78, 5) is 30.6. The number of ether oxygens (including phenoxy) is 2. The first kappa shape index (κ1) is 17.1. The van der Waals surface area contributed by atoms with Crippen molar-refractivity contribution >= 4 is 18.0 Å². The van der Waals surface area contributed by atoms with E-state index in [1.807, 2.05) is 0 Å². The first-order valence-electron chi connectivity index (χ1n) is 4.45. The summed E-state index contributed by atoms with van der Waals surface area (Å²) in [5, 5.41) is 9.71. The molecule has 0 unspecified atom stereocenters. The van der Waals surface area contributed by atoms with E-state index in [2.05, 4.69) is 27.9 Å². The molecule has 0 aliphatic carbocycles. The van der Waals surface area contributed by atoms with Crippen LogP contribution in [0.3, 0.4) is 0 Å². The van der Waals surface area contributed by atoms with Crippen molar-refractivity contribution in [2.75, 3.05) is 13.7 Å². The number of alkyl carbamates (subject to hydrolysis) is 1. The van der Waals surface area contributed by atoms with Crippen LogP contribution in [0.25, 0.3) is 0 Å². The molecule has 0 aromatic rings. The zero-order chi connectivity index (χ0) is 13.8. The average Bonchev–Trinajstić information content (AvgIpc) is 2.28. The lowest BCUT2D eigenvalue weighted by atomic mass is 10.5. The fourth-order valence-corrected chi connectivity index (χ4v) is 0.465. The maximum absolute atomic E-state index is 10.7. The second-order valence-corrected chi connectivity index (χ2v) is 2.36. The van der Waals surface area contributed by atoms with Crippen molar-refractivity contribution in [3.63, 3.8) is 0 Å². The van der Waals surface area contributed by atoms with Crippen molar-refractivity contribution in [2.24, 2.45) is 0 Å². The van der Waals surface area contributed by atoms with E-state index >= 15 is 0 Å². The van der Waals surface area contributed by atoms with Crippen molar-refractivity contribution in [2.45, 2.75) is 6.92 Å². The molecule has 0 radical (unpaired) electrons. The summed E-state index contributed by atoms with van der Waals surface area (Å²) in [6.07, 6.45) is 0.118. The van der Waals surface area contributed by atoms with Gasteiger partial charge < -0.3 is 14.6 Å². The summed E-state index contributed by atoms with van der Waals surface area (Å²) in [6, 6.07) is 0. The van der Waals surface area contributed by atoms with Crippen molar-refractivity contribution in [3.8, 4) is 0 Å². The second kappa shape index (κ2) is 10.2. The van der Waals surface area contributed by atoms with Crippen LogP contribution in [0, 0.1) is 0 Å². The van der Waals surface area contributed by atoms with Crippen LogP contribution >= 0.6 is 0 Å². The Hall–Kier alpha value is -2.31. The number of esters is 1. The predicted octanol–water partition coefficient (Wildman–Crippen LogP) is 0.676. The Balaban J connectivity index is 0. The second-order valence-electron chi connectivity index (χ2n) is 2.36. The number of amides is 1. The minimum atomic E-state index is -0.981. The number of nitrogens with one attached hydrogen (secondary N) is 1. The van der Waals surface area contributed by atoms with Crippen LogP contribution in [0.2, 0.25) is 0 Å². The third-order valence-electron chi connectivity index (χ3n) is 1.13. The SMILES string of the molecule is C=C(NC(=O)OCC)C(=O)OC.C=CC(=O)O. The highest BCUT2D eigenvalue weighted by Crippen LogP contribution is 1.89. The summed E-state index contributed by atoms with van der Waals surface area (Å²) in [7, 11) is 1.19. The first-order chi connectivity index (χ1) is 7.88. The maximum Gasteiger partial charge on any atom is 0.411 e. The van der Waals surface area contributed by atoms with Crippen LogP contribution in [0.15, 0.2) is 24.9 Å². The standard InChI is InChI=1S/C7H11NO4.C3H4O2/c1-4-12-7(10)8-5(2)6(9)11-3;1-2-3(4)5/h2,4H2,1,3H3,(H,8,10);2H,1H2,(H,4,5). The number of carboxylic acids is 1. The van der Waals surface area contributed by atoms with E-state index in [0.717, 1.165) is 6.08 Å². The molecule has 0 spiro atoms. The highest BCUT2D eigenvalue weighted by Gasteiger charge is 2.10. The smallest absolute Gasteiger partial charge is 0.411 e. The number of carboxylic acid groups (broad SMARTS) is 1.